The number of amides is 2. The molecular weight excluding hydrogens is 216 g/mol. The quantitative estimate of drug-likeness (QED) is 0.837. The van der Waals surface area contributed by atoms with E-state index in [9.17, 15) is 9.59 Å². The van der Waals surface area contributed by atoms with E-state index in [-0.39, 0.29) is 17.7 Å². The maximum absolute atomic E-state index is 11.6. The summed E-state index contributed by atoms with van der Waals surface area (Å²) < 4.78 is 0. The van der Waals surface area contributed by atoms with E-state index in [0.717, 1.165) is 6.42 Å². The Morgan fingerprint density at radius 1 is 1.24 bits per heavy atom. The summed E-state index contributed by atoms with van der Waals surface area (Å²) in [5, 5.41) is 5.35. The average molecular weight is 234 g/mol. The van der Waals surface area contributed by atoms with Crippen LogP contribution in [0.5, 0.6) is 0 Å². The van der Waals surface area contributed by atoms with Crippen LogP contribution in [0.2, 0.25) is 0 Å². The molecule has 0 fully saturated rings. The van der Waals surface area contributed by atoms with E-state index in [2.05, 4.69) is 10.6 Å². The lowest BCUT2D eigenvalue weighted by Gasteiger charge is -2.10. The van der Waals surface area contributed by atoms with E-state index in [4.69, 9.17) is 0 Å². The van der Waals surface area contributed by atoms with Crippen LogP contribution in [-0.4, -0.2) is 18.9 Å². The summed E-state index contributed by atoms with van der Waals surface area (Å²) in [6.07, 6.45) is 0.808. The van der Waals surface area contributed by atoms with E-state index in [0.29, 0.717) is 11.3 Å². The van der Waals surface area contributed by atoms with Gasteiger partial charge >= 0.3 is 0 Å². The first-order valence-corrected chi connectivity index (χ1v) is 5.71. The Morgan fingerprint density at radius 2 is 1.82 bits per heavy atom. The number of nitrogens with one attached hydrogen (secondary N) is 2. The molecule has 0 radical (unpaired) electrons. The van der Waals surface area contributed by atoms with E-state index < -0.39 is 0 Å². The van der Waals surface area contributed by atoms with Gasteiger partial charge in [-0.05, 0) is 30.7 Å². The molecule has 2 amide bonds. The van der Waals surface area contributed by atoms with Gasteiger partial charge in [-0.15, -0.1) is 0 Å². The number of carbonyl (C=O) groups excluding carboxylic acids is 2. The van der Waals surface area contributed by atoms with Crippen molar-refractivity contribution in [1.82, 2.24) is 5.32 Å². The predicted octanol–water partition coefficient (Wildman–Crippen LogP) is 2.03. The second-order valence-corrected chi connectivity index (χ2v) is 3.96. The van der Waals surface area contributed by atoms with Crippen molar-refractivity contribution in [2.75, 3.05) is 12.4 Å². The highest BCUT2D eigenvalue weighted by Gasteiger charge is 2.10. The topological polar surface area (TPSA) is 58.2 Å². The van der Waals surface area contributed by atoms with Crippen LogP contribution < -0.4 is 10.6 Å². The highest BCUT2D eigenvalue weighted by atomic mass is 16.2. The molecule has 2 N–H and O–H groups in total. The lowest BCUT2D eigenvalue weighted by molar-refractivity contribution is -0.119. The first kappa shape index (κ1) is 13.2. The molecule has 92 valence electrons. The normalized spacial score (nSPS) is 11.7. The number of benzene rings is 1. The summed E-state index contributed by atoms with van der Waals surface area (Å²) in [6.45, 7) is 3.85. The Balaban J connectivity index is 2.69. The van der Waals surface area contributed by atoms with Gasteiger partial charge in [0.05, 0.1) is 0 Å². The van der Waals surface area contributed by atoms with Crippen molar-refractivity contribution in [3.63, 3.8) is 0 Å². The Labute approximate surface area is 101 Å². The molecule has 0 aliphatic heterocycles. The SMILES string of the molecule is CCC(C)C(=O)Nc1ccc(C(=O)NC)cc1. The van der Waals surface area contributed by atoms with Gasteiger partial charge in [-0.2, -0.15) is 0 Å². The van der Waals surface area contributed by atoms with Crippen LogP contribution >= 0.6 is 0 Å². The molecule has 0 heterocycles. The standard InChI is InChI=1S/C13H18N2O2/c1-4-9(2)12(16)15-11-7-5-10(6-8-11)13(17)14-3/h5-9H,4H2,1-3H3,(H,14,17)(H,15,16). The first-order valence-electron chi connectivity index (χ1n) is 5.71. The third-order valence-electron chi connectivity index (χ3n) is 2.70. The molecule has 1 rings (SSSR count). The van der Waals surface area contributed by atoms with Gasteiger partial charge in [0.2, 0.25) is 5.91 Å². The minimum absolute atomic E-state index is 0.000179. The predicted molar refractivity (Wildman–Crippen MR) is 67.9 cm³/mol. The minimum atomic E-state index is -0.134. The average Bonchev–Trinajstić information content (AvgIpc) is 2.37. The monoisotopic (exact) mass is 234 g/mol. The van der Waals surface area contributed by atoms with E-state index in [1.165, 1.54) is 0 Å². The smallest absolute Gasteiger partial charge is 0.251 e. The lowest BCUT2D eigenvalue weighted by atomic mass is 10.1. The van der Waals surface area contributed by atoms with Gasteiger partial charge in [0.1, 0.15) is 0 Å². The van der Waals surface area contributed by atoms with Crippen LogP contribution in [-0.2, 0) is 4.79 Å². The third-order valence-corrected chi connectivity index (χ3v) is 2.70. The Morgan fingerprint density at radius 3 is 2.29 bits per heavy atom. The van der Waals surface area contributed by atoms with Gasteiger partial charge in [0.25, 0.3) is 5.91 Å². The highest BCUT2D eigenvalue weighted by Crippen LogP contribution is 2.12. The molecule has 0 bridgehead atoms. The van der Waals surface area contributed by atoms with E-state index in [1.54, 1.807) is 31.3 Å². The van der Waals surface area contributed by atoms with Crippen LogP contribution in [0.15, 0.2) is 24.3 Å². The molecule has 1 atom stereocenters. The van der Waals surface area contributed by atoms with Crippen molar-refractivity contribution in [3.8, 4) is 0 Å². The molecule has 4 heteroatoms. The number of rotatable bonds is 4. The van der Waals surface area contributed by atoms with E-state index >= 15 is 0 Å². The fourth-order valence-electron chi connectivity index (χ4n) is 1.30. The van der Waals surface area contributed by atoms with E-state index in [1.807, 2.05) is 13.8 Å². The van der Waals surface area contributed by atoms with Crippen molar-refractivity contribution >= 4 is 17.5 Å². The molecule has 0 aliphatic rings. The van der Waals surface area contributed by atoms with Gasteiger partial charge in [0, 0.05) is 24.2 Å². The van der Waals surface area contributed by atoms with Crippen LogP contribution in [0.3, 0.4) is 0 Å². The first-order chi connectivity index (χ1) is 8.08. The van der Waals surface area contributed by atoms with Crippen molar-refractivity contribution in [3.05, 3.63) is 29.8 Å². The summed E-state index contributed by atoms with van der Waals surface area (Å²) >= 11 is 0. The van der Waals surface area contributed by atoms with Crippen molar-refractivity contribution in [2.24, 2.45) is 5.92 Å². The number of hydrogen-bond donors (Lipinski definition) is 2. The van der Waals surface area contributed by atoms with Gasteiger partial charge in [-0.1, -0.05) is 13.8 Å². The van der Waals surface area contributed by atoms with Crippen LogP contribution in [0.4, 0.5) is 5.69 Å². The molecule has 0 aliphatic carbocycles. The van der Waals surface area contributed by atoms with Crippen molar-refractivity contribution in [2.45, 2.75) is 20.3 Å². The van der Waals surface area contributed by atoms with Crippen molar-refractivity contribution < 1.29 is 9.59 Å². The van der Waals surface area contributed by atoms with Gasteiger partial charge in [-0.25, -0.2) is 0 Å². The lowest BCUT2D eigenvalue weighted by Crippen LogP contribution is -2.20. The number of carbonyl (C=O) groups is 2. The largest absolute Gasteiger partial charge is 0.355 e. The minimum Gasteiger partial charge on any atom is -0.355 e. The molecule has 0 aromatic heterocycles. The molecule has 4 nitrogen and oxygen atoms in total. The summed E-state index contributed by atoms with van der Waals surface area (Å²) in [5.41, 5.74) is 1.29. The second kappa shape index (κ2) is 6.03. The van der Waals surface area contributed by atoms with Gasteiger partial charge in [0.15, 0.2) is 0 Å². The summed E-state index contributed by atoms with van der Waals surface area (Å²) in [6, 6.07) is 6.83. The molecule has 1 unspecified atom stereocenters. The zero-order chi connectivity index (χ0) is 12.8. The van der Waals surface area contributed by atoms with Crippen LogP contribution in [0.1, 0.15) is 30.6 Å². The summed E-state index contributed by atoms with van der Waals surface area (Å²) in [5.74, 6) is -0.140. The van der Waals surface area contributed by atoms with Crippen LogP contribution in [0, 0.1) is 5.92 Å². The molecule has 1 aromatic carbocycles. The molecule has 0 spiro atoms. The Hall–Kier alpha value is -1.84. The summed E-state index contributed by atoms with van der Waals surface area (Å²) in [4.78, 5) is 22.9. The zero-order valence-electron chi connectivity index (χ0n) is 10.4. The van der Waals surface area contributed by atoms with Crippen LogP contribution in [0.25, 0.3) is 0 Å². The molecule has 0 saturated carbocycles. The highest BCUT2D eigenvalue weighted by molar-refractivity contribution is 5.96. The fraction of sp³-hybridized carbons (Fsp3) is 0.385. The molecule has 0 saturated heterocycles. The summed E-state index contributed by atoms with van der Waals surface area (Å²) in [7, 11) is 1.58. The number of hydrogen-bond acceptors (Lipinski definition) is 2. The van der Waals surface area contributed by atoms with Gasteiger partial charge in [-0.3, -0.25) is 9.59 Å². The third kappa shape index (κ3) is 3.59. The van der Waals surface area contributed by atoms with Gasteiger partial charge < -0.3 is 10.6 Å². The molecule has 17 heavy (non-hydrogen) atoms. The zero-order valence-corrected chi connectivity index (χ0v) is 10.4. The maximum atomic E-state index is 11.6. The maximum Gasteiger partial charge on any atom is 0.251 e. The Bertz CT molecular complexity index is 398. The Kier molecular flexibility index (Phi) is 4.69. The van der Waals surface area contributed by atoms with Crippen molar-refractivity contribution in [1.29, 1.82) is 0 Å². The molecule has 1 aromatic rings. The number of anilines is 1. The molecular formula is C13H18N2O2. The second-order valence-electron chi connectivity index (χ2n) is 3.96. The fourth-order valence-corrected chi connectivity index (χ4v) is 1.30.